The molecule has 0 bridgehead atoms. The summed E-state index contributed by atoms with van der Waals surface area (Å²) in [5.74, 6) is 0.537. The Morgan fingerprint density at radius 1 is 1.43 bits per heavy atom. The average Bonchev–Trinajstić information content (AvgIpc) is 2.98. The maximum Gasteiger partial charge on any atom is 0.123 e. The molecule has 1 aromatic carbocycles. The molecular formula is C11H12FNO. The van der Waals surface area contributed by atoms with Crippen LogP contribution in [-0.4, -0.2) is 10.9 Å². The summed E-state index contributed by atoms with van der Waals surface area (Å²) in [5.41, 5.74) is 1.89. The zero-order chi connectivity index (χ0) is 10.1. The second-order valence-electron chi connectivity index (χ2n) is 3.74. The lowest BCUT2D eigenvalue weighted by Gasteiger charge is -1.98. The van der Waals surface area contributed by atoms with Gasteiger partial charge in [-0.1, -0.05) is 17.3 Å². The van der Waals surface area contributed by atoms with E-state index < -0.39 is 0 Å². The molecular weight excluding hydrogens is 181 g/mol. The Balaban J connectivity index is 2.10. The summed E-state index contributed by atoms with van der Waals surface area (Å²) < 4.78 is 12.6. The molecule has 2 atom stereocenters. The number of hydrogen-bond donors (Lipinski definition) is 1. The van der Waals surface area contributed by atoms with Crippen molar-refractivity contribution in [2.24, 2.45) is 11.1 Å². The van der Waals surface area contributed by atoms with E-state index in [9.17, 15) is 4.39 Å². The highest BCUT2D eigenvalue weighted by Crippen LogP contribution is 2.48. The number of oxime groups is 1. The van der Waals surface area contributed by atoms with Gasteiger partial charge in [0.25, 0.3) is 0 Å². The third-order valence-electron chi connectivity index (χ3n) is 2.78. The first kappa shape index (κ1) is 9.19. The molecule has 1 aromatic rings. The van der Waals surface area contributed by atoms with Crippen molar-refractivity contribution in [1.29, 1.82) is 0 Å². The van der Waals surface area contributed by atoms with Crippen LogP contribution in [0.5, 0.6) is 0 Å². The zero-order valence-corrected chi connectivity index (χ0v) is 7.94. The Morgan fingerprint density at radius 2 is 2.07 bits per heavy atom. The number of nitrogens with zero attached hydrogens (tertiary/aromatic N) is 1. The predicted molar refractivity (Wildman–Crippen MR) is 52.1 cm³/mol. The van der Waals surface area contributed by atoms with Crippen molar-refractivity contribution in [3.63, 3.8) is 0 Å². The smallest absolute Gasteiger partial charge is 0.123 e. The van der Waals surface area contributed by atoms with Gasteiger partial charge >= 0.3 is 0 Å². The summed E-state index contributed by atoms with van der Waals surface area (Å²) in [7, 11) is 0. The van der Waals surface area contributed by atoms with Crippen molar-refractivity contribution in [1.82, 2.24) is 0 Å². The van der Waals surface area contributed by atoms with Crippen LogP contribution in [0, 0.1) is 11.7 Å². The Kier molecular flexibility index (Phi) is 2.23. The molecule has 14 heavy (non-hydrogen) atoms. The molecule has 2 nitrogen and oxygen atoms in total. The zero-order valence-electron chi connectivity index (χ0n) is 7.94. The Morgan fingerprint density at radius 3 is 2.64 bits per heavy atom. The standard InChI is InChI=1S/C11H12FNO/c1-7(13-14)10-6-11(10)8-2-4-9(12)5-3-8/h2-5,10-11,14H,6H2,1H3/b13-7-/t10-,11-/m0/s1. The van der Waals surface area contributed by atoms with Gasteiger partial charge in [-0.05, 0) is 37.0 Å². The predicted octanol–water partition coefficient (Wildman–Crippen LogP) is 2.78. The second-order valence-corrected chi connectivity index (χ2v) is 3.74. The molecule has 1 aliphatic rings. The third kappa shape index (κ3) is 1.62. The molecule has 3 heteroatoms. The second kappa shape index (κ2) is 3.40. The quantitative estimate of drug-likeness (QED) is 0.437. The van der Waals surface area contributed by atoms with Gasteiger partial charge in [0.1, 0.15) is 5.82 Å². The Labute approximate surface area is 82.1 Å². The maximum absolute atomic E-state index is 12.6. The lowest BCUT2D eigenvalue weighted by atomic mass is 10.1. The minimum Gasteiger partial charge on any atom is -0.411 e. The first-order valence-electron chi connectivity index (χ1n) is 4.66. The SMILES string of the molecule is C/C(=N/O)[C@@H]1C[C@H]1c1ccc(F)cc1. The summed E-state index contributed by atoms with van der Waals surface area (Å²) in [6.07, 6.45) is 1.00. The van der Waals surface area contributed by atoms with E-state index in [1.54, 1.807) is 12.1 Å². The van der Waals surface area contributed by atoms with E-state index in [4.69, 9.17) is 5.21 Å². The van der Waals surface area contributed by atoms with Crippen LogP contribution in [0.25, 0.3) is 0 Å². The molecule has 1 saturated carbocycles. The Bertz CT molecular complexity index is 358. The molecule has 0 saturated heterocycles. The van der Waals surface area contributed by atoms with Crippen molar-refractivity contribution in [2.75, 3.05) is 0 Å². The van der Waals surface area contributed by atoms with Gasteiger partial charge in [-0.3, -0.25) is 0 Å². The van der Waals surface area contributed by atoms with Gasteiger partial charge in [-0.2, -0.15) is 0 Å². The molecule has 1 aliphatic carbocycles. The minimum atomic E-state index is -0.210. The topological polar surface area (TPSA) is 32.6 Å². The van der Waals surface area contributed by atoms with E-state index in [1.165, 1.54) is 12.1 Å². The molecule has 1 fully saturated rings. The van der Waals surface area contributed by atoms with E-state index in [0.29, 0.717) is 11.8 Å². The molecule has 0 spiro atoms. The summed E-state index contributed by atoms with van der Waals surface area (Å²) in [6, 6.07) is 6.53. The number of hydrogen-bond acceptors (Lipinski definition) is 2. The highest BCUT2D eigenvalue weighted by molar-refractivity contribution is 5.87. The van der Waals surface area contributed by atoms with Crippen molar-refractivity contribution in [3.8, 4) is 0 Å². The fourth-order valence-corrected chi connectivity index (χ4v) is 1.81. The third-order valence-corrected chi connectivity index (χ3v) is 2.78. The molecule has 2 rings (SSSR count). The first-order valence-corrected chi connectivity index (χ1v) is 4.66. The van der Waals surface area contributed by atoms with Gasteiger partial charge in [-0.15, -0.1) is 0 Å². The Hall–Kier alpha value is -1.38. The molecule has 1 N–H and O–H groups in total. The van der Waals surface area contributed by atoms with E-state index >= 15 is 0 Å². The van der Waals surface area contributed by atoms with Crippen LogP contribution in [0.2, 0.25) is 0 Å². The van der Waals surface area contributed by atoms with Crippen molar-refractivity contribution in [3.05, 3.63) is 35.6 Å². The van der Waals surface area contributed by atoms with Crippen molar-refractivity contribution < 1.29 is 9.60 Å². The molecule has 0 unspecified atom stereocenters. The first-order chi connectivity index (χ1) is 6.72. The van der Waals surface area contributed by atoms with E-state index in [1.807, 2.05) is 6.92 Å². The lowest BCUT2D eigenvalue weighted by Crippen LogP contribution is -1.96. The molecule has 0 amide bonds. The normalized spacial score (nSPS) is 26.3. The average molecular weight is 193 g/mol. The van der Waals surface area contributed by atoms with Gasteiger partial charge < -0.3 is 5.21 Å². The van der Waals surface area contributed by atoms with Gasteiger partial charge in [0.15, 0.2) is 0 Å². The molecule has 0 aromatic heterocycles. The van der Waals surface area contributed by atoms with Gasteiger partial charge in [0.05, 0.1) is 5.71 Å². The molecule has 0 heterocycles. The fraction of sp³-hybridized carbons (Fsp3) is 0.364. The van der Waals surface area contributed by atoms with Gasteiger partial charge in [0, 0.05) is 5.92 Å². The highest BCUT2D eigenvalue weighted by Gasteiger charge is 2.40. The highest BCUT2D eigenvalue weighted by atomic mass is 19.1. The summed E-state index contributed by atoms with van der Waals surface area (Å²) in [4.78, 5) is 0. The van der Waals surface area contributed by atoms with Gasteiger partial charge in [0.2, 0.25) is 0 Å². The number of rotatable bonds is 2. The largest absolute Gasteiger partial charge is 0.411 e. The van der Waals surface area contributed by atoms with Crippen LogP contribution in [0.1, 0.15) is 24.8 Å². The van der Waals surface area contributed by atoms with Crippen LogP contribution in [0.3, 0.4) is 0 Å². The monoisotopic (exact) mass is 193 g/mol. The molecule has 0 radical (unpaired) electrons. The van der Waals surface area contributed by atoms with Crippen molar-refractivity contribution in [2.45, 2.75) is 19.3 Å². The molecule has 74 valence electrons. The van der Waals surface area contributed by atoms with Crippen LogP contribution in [0.15, 0.2) is 29.4 Å². The van der Waals surface area contributed by atoms with Crippen LogP contribution in [-0.2, 0) is 0 Å². The lowest BCUT2D eigenvalue weighted by molar-refractivity contribution is 0.316. The van der Waals surface area contributed by atoms with Crippen molar-refractivity contribution >= 4 is 5.71 Å². The van der Waals surface area contributed by atoms with E-state index in [2.05, 4.69) is 5.16 Å². The number of halogens is 1. The maximum atomic E-state index is 12.6. The fourth-order valence-electron chi connectivity index (χ4n) is 1.81. The summed E-state index contributed by atoms with van der Waals surface area (Å²) in [5, 5.41) is 11.8. The minimum absolute atomic E-state index is 0.210. The summed E-state index contributed by atoms with van der Waals surface area (Å²) in [6.45, 7) is 1.81. The van der Waals surface area contributed by atoms with Gasteiger partial charge in [-0.25, -0.2) is 4.39 Å². The van der Waals surface area contributed by atoms with E-state index in [-0.39, 0.29) is 5.82 Å². The molecule has 0 aliphatic heterocycles. The number of benzene rings is 1. The van der Waals surface area contributed by atoms with Crippen LogP contribution < -0.4 is 0 Å². The van der Waals surface area contributed by atoms with E-state index in [0.717, 1.165) is 17.7 Å². The van der Waals surface area contributed by atoms with Crippen LogP contribution in [0.4, 0.5) is 4.39 Å². The van der Waals surface area contributed by atoms with Crippen LogP contribution >= 0.6 is 0 Å². The summed E-state index contributed by atoms with van der Waals surface area (Å²) >= 11 is 0.